The van der Waals surface area contributed by atoms with Crippen molar-refractivity contribution >= 4 is 0 Å². The second-order valence-electron chi connectivity index (χ2n) is 2.73. The highest BCUT2D eigenvalue weighted by molar-refractivity contribution is 5.20. The molecule has 0 aliphatic rings. The van der Waals surface area contributed by atoms with Crippen molar-refractivity contribution in [3.05, 3.63) is 36.5 Å². The molecule has 0 rings (SSSR count). The van der Waals surface area contributed by atoms with Gasteiger partial charge in [-0.05, 0) is 13.8 Å². The molecule has 0 aliphatic heterocycles. The molecule has 92 valence electrons. The van der Waals surface area contributed by atoms with Crippen LogP contribution in [-0.4, -0.2) is 0 Å². The van der Waals surface area contributed by atoms with Crippen molar-refractivity contribution in [1.29, 1.82) is 0 Å². The molecule has 0 unspecified atom stereocenters. The SMILES string of the molecule is C=C(C)/C=C\C(=C)C.CC.CC.CCC. The number of hydrogen-bond acceptors (Lipinski definition) is 0. The summed E-state index contributed by atoms with van der Waals surface area (Å²) in [4.78, 5) is 0. The molecule has 0 heterocycles. The van der Waals surface area contributed by atoms with Gasteiger partial charge < -0.3 is 0 Å². The molecule has 0 bridgehead atoms. The minimum atomic E-state index is 1.06. The Labute approximate surface area is 98.8 Å². The van der Waals surface area contributed by atoms with E-state index in [4.69, 9.17) is 0 Å². The van der Waals surface area contributed by atoms with E-state index in [1.165, 1.54) is 6.42 Å². The van der Waals surface area contributed by atoms with Crippen LogP contribution in [0, 0.1) is 0 Å². The van der Waals surface area contributed by atoms with Crippen LogP contribution in [0.4, 0.5) is 0 Å². The molecule has 0 aromatic heterocycles. The summed E-state index contributed by atoms with van der Waals surface area (Å²) in [6.45, 7) is 23.6. The van der Waals surface area contributed by atoms with Crippen LogP contribution >= 0.6 is 0 Å². The highest BCUT2D eigenvalue weighted by atomic mass is 13.8. The van der Waals surface area contributed by atoms with Gasteiger partial charge >= 0.3 is 0 Å². The third kappa shape index (κ3) is 93.5. The maximum Gasteiger partial charge on any atom is -0.0404 e. The van der Waals surface area contributed by atoms with Crippen LogP contribution in [0.15, 0.2) is 36.5 Å². The molecular formula is C15H32. The molecule has 0 spiro atoms. The lowest BCUT2D eigenvalue weighted by molar-refractivity contribution is 1.09. The molecule has 0 amide bonds. The van der Waals surface area contributed by atoms with E-state index in [0.717, 1.165) is 11.1 Å². The normalized spacial score (nSPS) is 7.20. The number of allylic oxidation sites excluding steroid dienone is 4. The fraction of sp³-hybridized carbons (Fsp3) is 0.600. The molecule has 0 N–H and O–H groups in total. The van der Waals surface area contributed by atoms with Crippen LogP contribution in [0.25, 0.3) is 0 Å². The van der Waals surface area contributed by atoms with Gasteiger partial charge in [-0.15, -0.1) is 0 Å². The molecule has 0 fully saturated rings. The summed E-state index contributed by atoms with van der Waals surface area (Å²) in [6.07, 6.45) is 5.14. The Bertz CT molecular complexity index is 122. The molecule has 0 saturated heterocycles. The van der Waals surface area contributed by atoms with Crippen LogP contribution in [0.3, 0.4) is 0 Å². The lowest BCUT2D eigenvalue weighted by atomic mass is 10.2. The minimum Gasteiger partial charge on any atom is -0.0961 e. The van der Waals surface area contributed by atoms with Gasteiger partial charge in [0.1, 0.15) is 0 Å². The molecule has 0 heteroatoms. The number of hydrogen-bond donors (Lipinski definition) is 0. The fourth-order valence-electron chi connectivity index (χ4n) is 0.285. The Morgan fingerprint density at radius 1 is 0.800 bits per heavy atom. The van der Waals surface area contributed by atoms with Gasteiger partial charge in [0.25, 0.3) is 0 Å². The smallest absolute Gasteiger partial charge is 0.0404 e. The summed E-state index contributed by atoms with van der Waals surface area (Å²) in [7, 11) is 0. The predicted molar refractivity (Wildman–Crippen MR) is 77.4 cm³/mol. The van der Waals surface area contributed by atoms with Gasteiger partial charge in [-0.2, -0.15) is 0 Å². The summed E-state index contributed by atoms with van der Waals surface area (Å²) in [5, 5.41) is 0. The Balaban J connectivity index is -0.0000000726. The van der Waals surface area contributed by atoms with E-state index in [9.17, 15) is 0 Å². The molecule has 0 nitrogen and oxygen atoms in total. The van der Waals surface area contributed by atoms with E-state index in [1.54, 1.807) is 0 Å². The fourth-order valence-corrected chi connectivity index (χ4v) is 0.285. The van der Waals surface area contributed by atoms with Crippen molar-refractivity contribution in [3.8, 4) is 0 Å². The summed E-state index contributed by atoms with van der Waals surface area (Å²) >= 11 is 0. The molecule has 0 aliphatic carbocycles. The second-order valence-corrected chi connectivity index (χ2v) is 2.73. The van der Waals surface area contributed by atoms with Gasteiger partial charge in [0.15, 0.2) is 0 Å². The first kappa shape index (κ1) is 23.8. The quantitative estimate of drug-likeness (QED) is 0.481. The Morgan fingerprint density at radius 3 is 1.00 bits per heavy atom. The highest BCUT2D eigenvalue weighted by Crippen LogP contribution is 1.94. The van der Waals surface area contributed by atoms with E-state index < -0.39 is 0 Å². The van der Waals surface area contributed by atoms with Crippen LogP contribution in [0.1, 0.15) is 61.8 Å². The summed E-state index contributed by atoms with van der Waals surface area (Å²) in [5.74, 6) is 0. The molecule has 0 aromatic rings. The largest absolute Gasteiger partial charge is 0.0961 e. The van der Waals surface area contributed by atoms with E-state index in [2.05, 4.69) is 27.0 Å². The summed E-state index contributed by atoms with van der Waals surface area (Å²) < 4.78 is 0. The van der Waals surface area contributed by atoms with Crippen molar-refractivity contribution in [1.82, 2.24) is 0 Å². The lowest BCUT2D eigenvalue weighted by Crippen LogP contribution is -1.62. The van der Waals surface area contributed by atoms with Crippen molar-refractivity contribution in [2.24, 2.45) is 0 Å². The first-order valence-electron chi connectivity index (χ1n) is 6.03. The highest BCUT2D eigenvalue weighted by Gasteiger charge is 1.72. The topological polar surface area (TPSA) is 0 Å². The average molecular weight is 212 g/mol. The third-order valence-electron chi connectivity index (χ3n) is 0.652. The van der Waals surface area contributed by atoms with E-state index in [-0.39, 0.29) is 0 Å². The Kier molecular flexibility index (Phi) is 46.3. The van der Waals surface area contributed by atoms with Gasteiger partial charge in [-0.3, -0.25) is 0 Å². The molecular weight excluding hydrogens is 180 g/mol. The predicted octanol–water partition coefficient (Wildman–Crippen LogP) is 6.16. The molecule has 0 atom stereocenters. The molecule has 0 aromatic carbocycles. The van der Waals surface area contributed by atoms with Crippen molar-refractivity contribution in [2.75, 3.05) is 0 Å². The molecule has 0 saturated carbocycles. The maximum absolute atomic E-state index is 3.70. The summed E-state index contributed by atoms with van der Waals surface area (Å²) in [5.41, 5.74) is 2.13. The zero-order valence-electron chi connectivity index (χ0n) is 12.3. The van der Waals surface area contributed by atoms with Crippen molar-refractivity contribution in [2.45, 2.75) is 61.8 Å². The van der Waals surface area contributed by atoms with E-state index >= 15 is 0 Å². The number of rotatable bonds is 2. The zero-order chi connectivity index (χ0) is 13.3. The van der Waals surface area contributed by atoms with Crippen LogP contribution < -0.4 is 0 Å². The van der Waals surface area contributed by atoms with Gasteiger partial charge in [-0.1, -0.05) is 84.4 Å². The van der Waals surface area contributed by atoms with Crippen molar-refractivity contribution in [3.63, 3.8) is 0 Å². The molecule has 15 heavy (non-hydrogen) atoms. The van der Waals surface area contributed by atoms with E-state index in [0.29, 0.717) is 0 Å². The summed E-state index contributed by atoms with van der Waals surface area (Å²) in [6, 6.07) is 0. The second kappa shape index (κ2) is 29.2. The zero-order valence-corrected chi connectivity index (χ0v) is 12.3. The monoisotopic (exact) mass is 212 g/mol. The van der Waals surface area contributed by atoms with Crippen LogP contribution in [-0.2, 0) is 0 Å². The van der Waals surface area contributed by atoms with Crippen LogP contribution in [0.5, 0.6) is 0 Å². The Morgan fingerprint density at radius 2 is 0.933 bits per heavy atom. The van der Waals surface area contributed by atoms with E-state index in [1.807, 2.05) is 53.7 Å². The Hall–Kier alpha value is -0.780. The van der Waals surface area contributed by atoms with Gasteiger partial charge in [0.2, 0.25) is 0 Å². The van der Waals surface area contributed by atoms with Gasteiger partial charge in [0.05, 0.1) is 0 Å². The molecule has 0 radical (unpaired) electrons. The first-order chi connectivity index (χ1) is 7.04. The van der Waals surface area contributed by atoms with Crippen LogP contribution in [0.2, 0.25) is 0 Å². The first-order valence-corrected chi connectivity index (χ1v) is 6.03. The minimum absolute atomic E-state index is 1.06. The maximum atomic E-state index is 3.70. The lowest BCUT2D eigenvalue weighted by Gasteiger charge is -1.84. The third-order valence-corrected chi connectivity index (χ3v) is 0.652. The standard InChI is InChI=1S/C8H12.C3H8.2C2H6/c1-7(2)5-6-8(3)4;1-3-2;2*1-2/h5-6H,1,3H2,2,4H3;3H2,1-2H3;2*1-2H3/b6-5-;;;. The average Bonchev–Trinajstić information content (AvgIpc) is 2.22. The van der Waals surface area contributed by atoms with Gasteiger partial charge in [0, 0.05) is 0 Å². The van der Waals surface area contributed by atoms with Crippen molar-refractivity contribution < 1.29 is 0 Å². The van der Waals surface area contributed by atoms with Gasteiger partial charge in [-0.25, -0.2) is 0 Å².